The number of nitrogens with one attached hydrogen (secondary N) is 1. The van der Waals surface area contributed by atoms with Crippen molar-refractivity contribution in [2.75, 3.05) is 6.61 Å². The lowest BCUT2D eigenvalue weighted by molar-refractivity contribution is -0.121. The predicted octanol–water partition coefficient (Wildman–Crippen LogP) is 3.41. The number of hydrogen-bond donors (Lipinski definition) is 2. The van der Waals surface area contributed by atoms with Crippen LogP contribution in [-0.4, -0.2) is 23.7 Å². The van der Waals surface area contributed by atoms with Gasteiger partial charge in [-0.1, -0.05) is 30.3 Å². The SMILES string of the molecule is O=C(Cc1cc2c(ccc3ccccc32)o1)NC(CCO)C1CC1. The number of furan rings is 1. The molecule has 2 aromatic carbocycles. The van der Waals surface area contributed by atoms with E-state index in [1.165, 1.54) is 5.39 Å². The first-order chi connectivity index (χ1) is 11.7. The molecule has 4 heteroatoms. The lowest BCUT2D eigenvalue weighted by Gasteiger charge is -2.16. The average Bonchev–Trinajstić information content (AvgIpc) is 3.34. The van der Waals surface area contributed by atoms with Crippen LogP contribution in [0.15, 0.2) is 46.9 Å². The molecule has 1 atom stereocenters. The van der Waals surface area contributed by atoms with Crippen LogP contribution in [-0.2, 0) is 11.2 Å². The Labute approximate surface area is 140 Å². The fourth-order valence-electron chi connectivity index (χ4n) is 3.41. The van der Waals surface area contributed by atoms with E-state index in [1.807, 2.05) is 30.3 Å². The number of aliphatic hydroxyl groups excluding tert-OH is 1. The van der Waals surface area contributed by atoms with Crippen molar-refractivity contribution >= 4 is 27.6 Å². The Morgan fingerprint density at radius 2 is 2.04 bits per heavy atom. The Morgan fingerprint density at radius 3 is 2.83 bits per heavy atom. The van der Waals surface area contributed by atoms with Crippen molar-refractivity contribution in [3.8, 4) is 0 Å². The van der Waals surface area contributed by atoms with Crippen molar-refractivity contribution < 1.29 is 14.3 Å². The standard InChI is InChI=1S/C20H21NO3/c22-10-9-18(14-5-6-14)21-20(23)12-15-11-17-16-4-2-1-3-13(16)7-8-19(17)24-15/h1-4,7-8,11,14,18,22H,5-6,9-10,12H2,(H,21,23). The highest BCUT2D eigenvalue weighted by Gasteiger charge is 2.31. The van der Waals surface area contributed by atoms with Crippen LogP contribution in [0.2, 0.25) is 0 Å². The summed E-state index contributed by atoms with van der Waals surface area (Å²) in [5, 5.41) is 15.5. The van der Waals surface area contributed by atoms with E-state index >= 15 is 0 Å². The van der Waals surface area contributed by atoms with Crippen molar-refractivity contribution in [3.63, 3.8) is 0 Å². The highest BCUT2D eigenvalue weighted by Crippen LogP contribution is 2.34. The summed E-state index contributed by atoms with van der Waals surface area (Å²) in [7, 11) is 0. The topological polar surface area (TPSA) is 62.5 Å². The van der Waals surface area contributed by atoms with Crippen LogP contribution in [0.5, 0.6) is 0 Å². The van der Waals surface area contributed by atoms with Crippen molar-refractivity contribution in [1.29, 1.82) is 0 Å². The molecule has 2 N–H and O–H groups in total. The number of carbonyl (C=O) groups is 1. The average molecular weight is 323 g/mol. The summed E-state index contributed by atoms with van der Waals surface area (Å²) in [4.78, 5) is 12.3. The summed E-state index contributed by atoms with van der Waals surface area (Å²) >= 11 is 0. The molecule has 0 spiro atoms. The van der Waals surface area contributed by atoms with Crippen molar-refractivity contribution in [3.05, 3.63) is 48.2 Å². The fourth-order valence-corrected chi connectivity index (χ4v) is 3.41. The van der Waals surface area contributed by atoms with E-state index in [0.29, 0.717) is 18.1 Å². The Kier molecular flexibility index (Phi) is 3.98. The van der Waals surface area contributed by atoms with Gasteiger partial charge < -0.3 is 14.8 Å². The largest absolute Gasteiger partial charge is 0.461 e. The molecule has 1 aliphatic rings. The normalized spacial score (nSPS) is 15.7. The van der Waals surface area contributed by atoms with Crippen molar-refractivity contribution in [1.82, 2.24) is 5.32 Å². The van der Waals surface area contributed by atoms with Gasteiger partial charge in [-0.2, -0.15) is 0 Å². The Bertz CT molecular complexity index is 879. The molecule has 1 aromatic heterocycles. The van der Waals surface area contributed by atoms with Crippen molar-refractivity contribution in [2.24, 2.45) is 5.92 Å². The second kappa shape index (κ2) is 6.29. The zero-order valence-corrected chi connectivity index (χ0v) is 13.5. The summed E-state index contributed by atoms with van der Waals surface area (Å²) in [6.45, 7) is 0.109. The second-order valence-corrected chi connectivity index (χ2v) is 6.61. The number of carbonyl (C=O) groups excluding carboxylic acids is 1. The number of aliphatic hydroxyl groups is 1. The lowest BCUT2D eigenvalue weighted by atomic mass is 10.1. The molecule has 1 aliphatic carbocycles. The van der Waals surface area contributed by atoms with Crippen LogP contribution >= 0.6 is 0 Å². The fraction of sp³-hybridized carbons (Fsp3) is 0.350. The van der Waals surface area contributed by atoms with Gasteiger partial charge in [-0.05, 0) is 48.1 Å². The molecule has 4 rings (SSSR count). The molecular formula is C20H21NO3. The van der Waals surface area contributed by atoms with E-state index in [0.717, 1.165) is 29.2 Å². The van der Waals surface area contributed by atoms with E-state index in [2.05, 4.69) is 17.4 Å². The molecule has 24 heavy (non-hydrogen) atoms. The monoisotopic (exact) mass is 323 g/mol. The third-order valence-corrected chi connectivity index (χ3v) is 4.79. The first kappa shape index (κ1) is 15.2. The highest BCUT2D eigenvalue weighted by atomic mass is 16.3. The van der Waals surface area contributed by atoms with Crippen LogP contribution in [0.25, 0.3) is 21.7 Å². The summed E-state index contributed by atoms with van der Waals surface area (Å²) < 4.78 is 5.85. The van der Waals surface area contributed by atoms with Crippen molar-refractivity contribution in [2.45, 2.75) is 31.7 Å². The van der Waals surface area contributed by atoms with Crippen LogP contribution < -0.4 is 5.32 Å². The number of rotatable bonds is 6. The van der Waals surface area contributed by atoms with E-state index in [9.17, 15) is 4.79 Å². The molecular weight excluding hydrogens is 302 g/mol. The van der Waals surface area contributed by atoms with Crippen LogP contribution in [0.1, 0.15) is 25.0 Å². The Balaban J connectivity index is 1.53. The Hall–Kier alpha value is -2.33. The minimum absolute atomic E-state index is 0.0382. The molecule has 0 aliphatic heterocycles. The van der Waals surface area contributed by atoms with Gasteiger partial charge in [-0.3, -0.25) is 4.79 Å². The van der Waals surface area contributed by atoms with E-state index in [4.69, 9.17) is 9.52 Å². The van der Waals surface area contributed by atoms with Gasteiger partial charge in [0.2, 0.25) is 5.91 Å². The zero-order valence-electron chi connectivity index (χ0n) is 13.5. The zero-order chi connectivity index (χ0) is 16.5. The van der Waals surface area contributed by atoms with Crippen LogP contribution in [0.4, 0.5) is 0 Å². The summed E-state index contributed by atoms with van der Waals surface area (Å²) in [6, 6.07) is 14.2. The van der Waals surface area contributed by atoms with E-state index < -0.39 is 0 Å². The van der Waals surface area contributed by atoms with Gasteiger partial charge in [0.15, 0.2) is 0 Å². The van der Waals surface area contributed by atoms with E-state index in [-0.39, 0.29) is 25.0 Å². The van der Waals surface area contributed by atoms with Crippen LogP contribution in [0, 0.1) is 5.92 Å². The Morgan fingerprint density at radius 1 is 1.21 bits per heavy atom. The van der Waals surface area contributed by atoms with Crippen LogP contribution in [0.3, 0.4) is 0 Å². The first-order valence-electron chi connectivity index (χ1n) is 8.55. The quantitative estimate of drug-likeness (QED) is 0.731. The first-order valence-corrected chi connectivity index (χ1v) is 8.55. The lowest BCUT2D eigenvalue weighted by Crippen LogP contribution is -2.38. The molecule has 1 fully saturated rings. The van der Waals surface area contributed by atoms with Gasteiger partial charge in [0.05, 0.1) is 6.42 Å². The minimum atomic E-state index is -0.0382. The molecule has 0 radical (unpaired) electrons. The van der Waals surface area contributed by atoms with Gasteiger partial charge in [0, 0.05) is 18.0 Å². The molecule has 4 nitrogen and oxygen atoms in total. The summed E-state index contributed by atoms with van der Waals surface area (Å²) in [5.74, 6) is 1.17. The van der Waals surface area contributed by atoms with E-state index in [1.54, 1.807) is 0 Å². The maximum absolute atomic E-state index is 12.3. The molecule has 1 unspecified atom stereocenters. The van der Waals surface area contributed by atoms with Gasteiger partial charge >= 0.3 is 0 Å². The minimum Gasteiger partial charge on any atom is -0.461 e. The molecule has 0 saturated heterocycles. The molecule has 3 aromatic rings. The second-order valence-electron chi connectivity index (χ2n) is 6.61. The third kappa shape index (κ3) is 3.02. The van der Waals surface area contributed by atoms with Gasteiger partial charge in [0.1, 0.15) is 11.3 Å². The maximum Gasteiger partial charge on any atom is 0.227 e. The summed E-state index contributed by atoms with van der Waals surface area (Å²) in [5.41, 5.74) is 0.811. The highest BCUT2D eigenvalue weighted by molar-refractivity contribution is 6.06. The smallest absolute Gasteiger partial charge is 0.227 e. The van der Waals surface area contributed by atoms with Gasteiger partial charge in [-0.25, -0.2) is 0 Å². The molecule has 1 saturated carbocycles. The number of benzene rings is 2. The number of fused-ring (bicyclic) bond motifs is 3. The molecule has 1 heterocycles. The third-order valence-electron chi connectivity index (χ3n) is 4.79. The molecule has 1 amide bonds. The number of hydrogen-bond acceptors (Lipinski definition) is 3. The number of amides is 1. The predicted molar refractivity (Wildman–Crippen MR) is 93.8 cm³/mol. The molecule has 124 valence electrons. The van der Waals surface area contributed by atoms with Gasteiger partial charge in [0.25, 0.3) is 0 Å². The maximum atomic E-state index is 12.3. The van der Waals surface area contributed by atoms with Gasteiger partial charge in [-0.15, -0.1) is 0 Å². The summed E-state index contributed by atoms with van der Waals surface area (Å²) in [6.07, 6.45) is 3.14. The molecule has 0 bridgehead atoms.